The maximum absolute atomic E-state index is 12.9. The summed E-state index contributed by atoms with van der Waals surface area (Å²) in [7, 11) is 0. The number of carbonyl (C=O) groups excluding carboxylic acids is 3. The predicted molar refractivity (Wildman–Crippen MR) is 316 cm³/mol. The molecule has 0 saturated carbocycles. The molecule has 430 valence electrons. The normalized spacial score (nSPS) is 12.1. The van der Waals surface area contributed by atoms with Crippen LogP contribution in [0.3, 0.4) is 0 Å². The van der Waals surface area contributed by atoms with Crippen LogP contribution in [-0.4, -0.2) is 37.2 Å². The zero-order chi connectivity index (χ0) is 52.9. The van der Waals surface area contributed by atoms with Crippen LogP contribution in [0.1, 0.15) is 367 Å². The van der Waals surface area contributed by atoms with Crippen LogP contribution in [-0.2, 0) is 28.6 Å². The molecule has 0 bridgehead atoms. The molecule has 0 aromatic carbocycles. The average Bonchev–Trinajstić information content (AvgIpc) is 3.39. The summed E-state index contributed by atoms with van der Waals surface area (Å²) in [6, 6.07) is 0. The second-order valence-corrected chi connectivity index (χ2v) is 22.4. The second kappa shape index (κ2) is 62.4. The van der Waals surface area contributed by atoms with Gasteiger partial charge >= 0.3 is 17.9 Å². The van der Waals surface area contributed by atoms with E-state index in [1.807, 2.05) is 0 Å². The predicted octanol–water partition coefficient (Wildman–Crippen LogP) is 22.2. The van der Waals surface area contributed by atoms with E-state index < -0.39 is 6.10 Å². The zero-order valence-corrected chi connectivity index (χ0v) is 49.4. The Bertz CT molecular complexity index is 1180. The van der Waals surface area contributed by atoms with Crippen LogP contribution in [0.2, 0.25) is 0 Å². The Morgan fingerprint density at radius 3 is 0.685 bits per heavy atom. The second-order valence-electron chi connectivity index (χ2n) is 22.4. The Balaban J connectivity index is 4.08. The summed E-state index contributed by atoms with van der Waals surface area (Å²) in [6.45, 7) is 6.67. The van der Waals surface area contributed by atoms with Crippen molar-refractivity contribution < 1.29 is 28.6 Å². The molecule has 0 aromatic rings. The zero-order valence-electron chi connectivity index (χ0n) is 49.4. The lowest BCUT2D eigenvalue weighted by Gasteiger charge is -2.18. The summed E-state index contributed by atoms with van der Waals surface area (Å²) >= 11 is 0. The van der Waals surface area contributed by atoms with Gasteiger partial charge in [-0.25, -0.2) is 0 Å². The van der Waals surface area contributed by atoms with Crippen LogP contribution >= 0.6 is 0 Å². The van der Waals surface area contributed by atoms with E-state index in [0.29, 0.717) is 19.3 Å². The van der Waals surface area contributed by atoms with E-state index in [1.165, 1.54) is 270 Å². The monoisotopic (exact) mass is 1030 g/mol. The highest BCUT2D eigenvalue weighted by Crippen LogP contribution is 2.18. The Labute approximate surface area is 455 Å². The largest absolute Gasteiger partial charge is 0.462 e. The van der Waals surface area contributed by atoms with Gasteiger partial charge in [0.1, 0.15) is 13.2 Å². The fraction of sp³-hybridized carbons (Fsp3) is 0.896. The third kappa shape index (κ3) is 60.6. The minimum absolute atomic E-state index is 0.0676. The van der Waals surface area contributed by atoms with Gasteiger partial charge in [0.05, 0.1) is 0 Å². The third-order valence-corrected chi connectivity index (χ3v) is 14.9. The van der Waals surface area contributed by atoms with Gasteiger partial charge in [-0.1, -0.05) is 302 Å². The Hall–Kier alpha value is -2.11. The first-order valence-electron chi connectivity index (χ1n) is 32.8. The standard InChI is InChI=1S/C67H126O6/c1-4-7-10-13-16-19-21-23-25-27-28-29-30-31-32-33-34-35-36-37-38-40-41-43-45-48-51-54-57-60-66(69)72-63-64(62-71-65(68)59-56-53-50-47-18-15-12-9-6-3)73-67(70)61-58-55-52-49-46-44-42-39-26-24-22-20-17-14-11-8-5-2/h24,26-28,64H,4-23,25,29-63H2,1-3H3/b26-24-,28-27-. The number of ether oxygens (including phenoxy) is 3. The molecule has 6 nitrogen and oxygen atoms in total. The molecular formula is C67H126O6. The van der Waals surface area contributed by atoms with E-state index in [2.05, 4.69) is 45.1 Å². The van der Waals surface area contributed by atoms with Crippen molar-refractivity contribution in [1.82, 2.24) is 0 Å². The molecule has 1 atom stereocenters. The van der Waals surface area contributed by atoms with E-state index in [4.69, 9.17) is 14.2 Å². The molecule has 0 N–H and O–H groups in total. The van der Waals surface area contributed by atoms with Gasteiger partial charge in [-0.15, -0.1) is 0 Å². The van der Waals surface area contributed by atoms with Crippen molar-refractivity contribution in [2.45, 2.75) is 374 Å². The molecule has 0 aromatic heterocycles. The van der Waals surface area contributed by atoms with Crippen molar-refractivity contribution in [3.05, 3.63) is 24.3 Å². The minimum atomic E-state index is -0.768. The molecule has 73 heavy (non-hydrogen) atoms. The Morgan fingerprint density at radius 2 is 0.452 bits per heavy atom. The lowest BCUT2D eigenvalue weighted by Crippen LogP contribution is -2.30. The van der Waals surface area contributed by atoms with E-state index in [-0.39, 0.29) is 31.1 Å². The quantitative estimate of drug-likeness (QED) is 0.0261. The molecule has 0 spiro atoms. The highest BCUT2D eigenvalue weighted by atomic mass is 16.6. The minimum Gasteiger partial charge on any atom is -0.462 e. The Kier molecular flexibility index (Phi) is 60.6. The smallest absolute Gasteiger partial charge is 0.306 e. The first-order chi connectivity index (χ1) is 36.0. The first kappa shape index (κ1) is 70.9. The highest BCUT2D eigenvalue weighted by molar-refractivity contribution is 5.71. The van der Waals surface area contributed by atoms with Crippen LogP contribution in [0, 0.1) is 0 Å². The van der Waals surface area contributed by atoms with Crippen LogP contribution in [0.25, 0.3) is 0 Å². The van der Waals surface area contributed by atoms with Crippen LogP contribution in [0.15, 0.2) is 24.3 Å². The van der Waals surface area contributed by atoms with Crippen molar-refractivity contribution in [1.29, 1.82) is 0 Å². The molecule has 0 rings (SSSR count). The number of hydrogen-bond donors (Lipinski definition) is 0. The van der Waals surface area contributed by atoms with Gasteiger partial charge in [-0.3, -0.25) is 14.4 Å². The summed E-state index contributed by atoms with van der Waals surface area (Å²) < 4.78 is 16.9. The molecule has 0 aliphatic carbocycles. The molecule has 0 aliphatic heterocycles. The fourth-order valence-electron chi connectivity index (χ4n) is 9.97. The number of esters is 3. The summed E-state index contributed by atoms with van der Waals surface area (Å²) in [5.74, 6) is -0.851. The topological polar surface area (TPSA) is 78.9 Å². The lowest BCUT2D eigenvalue weighted by atomic mass is 10.0. The van der Waals surface area contributed by atoms with Crippen molar-refractivity contribution in [2.24, 2.45) is 0 Å². The lowest BCUT2D eigenvalue weighted by molar-refractivity contribution is -0.167. The molecule has 0 saturated heterocycles. The van der Waals surface area contributed by atoms with Gasteiger partial charge < -0.3 is 14.2 Å². The van der Waals surface area contributed by atoms with Crippen LogP contribution in [0.4, 0.5) is 0 Å². The van der Waals surface area contributed by atoms with E-state index in [1.54, 1.807) is 0 Å². The van der Waals surface area contributed by atoms with Crippen molar-refractivity contribution in [3.63, 3.8) is 0 Å². The number of carbonyl (C=O) groups is 3. The van der Waals surface area contributed by atoms with Gasteiger partial charge in [0, 0.05) is 19.3 Å². The summed E-state index contributed by atoms with van der Waals surface area (Å²) in [6.07, 6.45) is 75.0. The SMILES string of the molecule is CCCCCCCC/C=C\CCCCCCCCCC(=O)OC(COC(=O)CCCCCCCCCCC)COC(=O)CCCCCCCCCCCCCCCCCCC/C=C\CCCCCCCCCC. The van der Waals surface area contributed by atoms with Crippen LogP contribution in [0.5, 0.6) is 0 Å². The summed E-state index contributed by atoms with van der Waals surface area (Å²) in [4.78, 5) is 38.1. The van der Waals surface area contributed by atoms with Gasteiger partial charge in [0.15, 0.2) is 6.10 Å². The maximum Gasteiger partial charge on any atom is 0.306 e. The molecule has 0 fully saturated rings. The van der Waals surface area contributed by atoms with Crippen molar-refractivity contribution in [2.75, 3.05) is 13.2 Å². The highest BCUT2D eigenvalue weighted by Gasteiger charge is 2.19. The van der Waals surface area contributed by atoms with Crippen molar-refractivity contribution >= 4 is 17.9 Å². The molecular weight excluding hydrogens is 901 g/mol. The van der Waals surface area contributed by atoms with Crippen LogP contribution < -0.4 is 0 Å². The first-order valence-corrected chi connectivity index (χ1v) is 32.8. The van der Waals surface area contributed by atoms with E-state index in [9.17, 15) is 14.4 Å². The van der Waals surface area contributed by atoms with Gasteiger partial charge in [-0.2, -0.15) is 0 Å². The van der Waals surface area contributed by atoms with Gasteiger partial charge in [0.25, 0.3) is 0 Å². The summed E-state index contributed by atoms with van der Waals surface area (Å²) in [5.41, 5.74) is 0. The molecule has 0 aliphatic rings. The molecule has 0 amide bonds. The molecule has 0 radical (unpaired) electrons. The molecule has 0 heterocycles. The van der Waals surface area contributed by atoms with Gasteiger partial charge in [0.2, 0.25) is 0 Å². The summed E-state index contributed by atoms with van der Waals surface area (Å²) in [5, 5.41) is 0. The Morgan fingerprint density at radius 1 is 0.260 bits per heavy atom. The number of rotatable bonds is 61. The number of hydrogen-bond acceptors (Lipinski definition) is 6. The molecule has 1 unspecified atom stereocenters. The number of allylic oxidation sites excluding steroid dienone is 4. The third-order valence-electron chi connectivity index (χ3n) is 14.9. The average molecular weight is 1030 g/mol. The van der Waals surface area contributed by atoms with E-state index >= 15 is 0 Å². The van der Waals surface area contributed by atoms with Crippen molar-refractivity contribution in [3.8, 4) is 0 Å². The van der Waals surface area contributed by atoms with Gasteiger partial charge in [-0.05, 0) is 70.6 Å². The number of unbranched alkanes of at least 4 members (excludes halogenated alkanes) is 46. The maximum atomic E-state index is 12.9. The van der Waals surface area contributed by atoms with E-state index in [0.717, 1.165) is 57.8 Å². The molecule has 6 heteroatoms. The fourth-order valence-corrected chi connectivity index (χ4v) is 9.97.